The predicted molar refractivity (Wildman–Crippen MR) is 107 cm³/mol. The third-order valence-corrected chi connectivity index (χ3v) is 6.66. The average molecular weight is 386 g/mol. The zero-order valence-electron chi connectivity index (χ0n) is 16.8. The predicted octanol–water partition coefficient (Wildman–Crippen LogP) is 0.973. The van der Waals surface area contributed by atoms with Crippen LogP contribution in [-0.2, 0) is 4.79 Å². The van der Waals surface area contributed by atoms with E-state index in [1.165, 1.54) is 0 Å². The maximum absolute atomic E-state index is 13.4. The summed E-state index contributed by atoms with van der Waals surface area (Å²) in [4.78, 5) is 36.7. The molecule has 2 saturated heterocycles. The largest absolute Gasteiger partial charge is 0.350 e. The fourth-order valence-electron chi connectivity index (χ4n) is 4.91. The first-order valence-electron chi connectivity index (χ1n) is 10.5. The zero-order chi connectivity index (χ0) is 19.6. The number of pyridine rings is 1. The number of likely N-dealkylation sites (N-methyl/N-ethyl adjacent to an activating group) is 1. The summed E-state index contributed by atoms with van der Waals surface area (Å²) < 4.78 is 0. The van der Waals surface area contributed by atoms with E-state index in [-0.39, 0.29) is 23.4 Å². The molecule has 1 unspecified atom stereocenters. The number of hydrogen-bond acceptors (Lipinski definition) is 5. The molecule has 0 aromatic carbocycles. The van der Waals surface area contributed by atoms with E-state index in [2.05, 4.69) is 27.1 Å². The van der Waals surface area contributed by atoms with Crippen molar-refractivity contribution < 1.29 is 9.59 Å². The Morgan fingerprint density at radius 2 is 1.86 bits per heavy atom. The summed E-state index contributed by atoms with van der Waals surface area (Å²) in [5, 5.41) is 3.30. The van der Waals surface area contributed by atoms with Crippen LogP contribution in [0.2, 0.25) is 0 Å². The summed E-state index contributed by atoms with van der Waals surface area (Å²) in [6.07, 6.45) is 6.59. The molecule has 3 fully saturated rings. The van der Waals surface area contributed by atoms with Crippen LogP contribution in [0.25, 0.3) is 0 Å². The Bertz CT molecular complexity index is 696. The van der Waals surface area contributed by atoms with Crippen molar-refractivity contribution in [2.45, 2.75) is 43.7 Å². The Labute approximate surface area is 167 Å². The molecule has 2 amide bonds. The first-order chi connectivity index (χ1) is 13.6. The molecule has 1 aliphatic carbocycles. The molecule has 3 heterocycles. The van der Waals surface area contributed by atoms with Crippen molar-refractivity contribution in [3.05, 3.63) is 30.1 Å². The monoisotopic (exact) mass is 385 g/mol. The first kappa shape index (κ1) is 19.3. The minimum absolute atomic E-state index is 0.0325. The van der Waals surface area contributed by atoms with Gasteiger partial charge in [-0.05, 0) is 38.4 Å². The number of carbonyl (C=O) groups excluding carboxylic acids is 2. The maximum Gasteiger partial charge on any atom is 0.272 e. The molecule has 1 atom stereocenters. The highest BCUT2D eigenvalue weighted by Crippen LogP contribution is 2.36. The summed E-state index contributed by atoms with van der Waals surface area (Å²) in [5.41, 5.74) is 0.124. The molecular weight excluding hydrogens is 354 g/mol. The Hall–Kier alpha value is -1.99. The van der Waals surface area contributed by atoms with Gasteiger partial charge in [-0.2, -0.15) is 0 Å². The third kappa shape index (κ3) is 3.78. The number of likely N-dealkylation sites (tertiary alicyclic amines) is 1. The van der Waals surface area contributed by atoms with Gasteiger partial charge >= 0.3 is 0 Å². The molecule has 3 aliphatic rings. The highest BCUT2D eigenvalue weighted by molar-refractivity contribution is 5.92. The van der Waals surface area contributed by atoms with Crippen molar-refractivity contribution >= 4 is 11.8 Å². The van der Waals surface area contributed by atoms with E-state index in [1.807, 2.05) is 17.0 Å². The lowest BCUT2D eigenvalue weighted by Gasteiger charge is -2.44. The van der Waals surface area contributed by atoms with Crippen LogP contribution in [0.3, 0.4) is 0 Å². The minimum Gasteiger partial charge on any atom is -0.350 e. The number of nitrogens with one attached hydrogen (secondary N) is 1. The highest BCUT2D eigenvalue weighted by atomic mass is 16.2. The van der Waals surface area contributed by atoms with Gasteiger partial charge in [0.1, 0.15) is 11.2 Å². The van der Waals surface area contributed by atoms with Gasteiger partial charge in [-0.1, -0.05) is 18.9 Å². The number of hydrogen-bond donors (Lipinski definition) is 1. The summed E-state index contributed by atoms with van der Waals surface area (Å²) in [5.74, 6) is 0.124. The lowest BCUT2D eigenvalue weighted by atomic mass is 9.92. The molecule has 2 aliphatic heterocycles. The molecule has 7 heteroatoms. The van der Waals surface area contributed by atoms with E-state index in [0.29, 0.717) is 18.8 Å². The molecule has 1 aromatic heterocycles. The number of carbonyl (C=O) groups is 2. The van der Waals surface area contributed by atoms with E-state index in [0.717, 1.165) is 58.3 Å². The fourth-order valence-corrected chi connectivity index (χ4v) is 4.91. The fraction of sp³-hybridized carbons (Fsp3) is 0.667. The second kappa shape index (κ2) is 8.17. The van der Waals surface area contributed by atoms with E-state index in [4.69, 9.17) is 0 Å². The average Bonchev–Trinajstić information content (AvgIpc) is 3.39. The van der Waals surface area contributed by atoms with Crippen LogP contribution in [0.5, 0.6) is 0 Å². The molecule has 1 N–H and O–H groups in total. The maximum atomic E-state index is 13.4. The molecule has 0 spiro atoms. The topological polar surface area (TPSA) is 68.8 Å². The van der Waals surface area contributed by atoms with Crippen LogP contribution in [0, 0.1) is 0 Å². The lowest BCUT2D eigenvalue weighted by Crippen LogP contribution is -2.63. The van der Waals surface area contributed by atoms with E-state index >= 15 is 0 Å². The van der Waals surface area contributed by atoms with Crippen molar-refractivity contribution in [2.24, 2.45) is 0 Å². The first-order valence-corrected chi connectivity index (χ1v) is 10.5. The van der Waals surface area contributed by atoms with E-state index in [9.17, 15) is 9.59 Å². The normalized spacial score (nSPS) is 25.8. The standard InChI is InChI=1S/C21H31N5O2/c1-24-12-14-26(15-13-24)21(8-3-4-9-21)20(28)23-17-7-11-25(16-17)19(27)18-6-2-5-10-22-18/h2,5-6,10,17H,3-4,7-9,11-16H2,1H3,(H,23,28). The van der Waals surface area contributed by atoms with Crippen molar-refractivity contribution in [1.82, 2.24) is 25.0 Å². The third-order valence-electron chi connectivity index (χ3n) is 6.66. The van der Waals surface area contributed by atoms with Gasteiger partial charge in [0.25, 0.3) is 5.91 Å². The van der Waals surface area contributed by atoms with Crippen LogP contribution < -0.4 is 5.32 Å². The molecule has 0 radical (unpaired) electrons. The zero-order valence-corrected chi connectivity index (χ0v) is 16.8. The number of amides is 2. The number of piperazine rings is 1. The summed E-state index contributed by atoms with van der Waals surface area (Å²) in [6, 6.07) is 5.42. The summed E-state index contributed by atoms with van der Waals surface area (Å²) >= 11 is 0. The highest BCUT2D eigenvalue weighted by Gasteiger charge is 2.47. The van der Waals surface area contributed by atoms with Gasteiger partial charge in [-0.3, -0.25) is 19.5 Å². The van der Waals surface area contributed by atoms with Gasteiger partial charge in [-0.25, -0.2) is 0 Å². The quantitative estimate of drug-likeness (QED) is 0.837. The second-order valence-corrected chi connectivity index (χ2v) is 8.45. The number of rotatable bonds is 4. The number of nitrogens with zero attached hydrogens (tertiary/aromatic N) is 4. The van der Waals surface area contributed by atoms with Crippen LogP contribution in [0.1, 0.15) is 42.6 Å². The Balaban J connectivity index is 1.38. The van der Waals surface area contributed by atoms with E-state index < -0.39 is 0 Å². The molecule has 0 bridgehead atoms. The van der Waals surface area contributed by atoms with Crippen LogP contribution in [-0.4, -0.2) is 89.4 Å². The summed E-state index contributed by atoms with van der Waals surface area (Å²) in [6.45, 7) is 5.19. The van der Waals surface area contributed by atoms with Gasteiger partial charge in [0.2, 0.25) is 5.91 Å². The SMILES string of the molecule is CN1CCN(C2(C(=O)NC3CCN(C(=O)c4ccccn4)C3)CCCC2)CC1. The number of aromatic nitrogens is 1. The van der Waals surface area contributed by atoms with Crippen molar-refractivity contribution in [3.63, 3.8) is 0 Å². The van der Waals surface area contributed by atoms with E-state index in [1.54, 1.807) is 12.3 Å². The molecule has 4 rings (SSSR count). The van der Waals surface area contributed by atoms with Gasteiger partial charge in [0.05, 0.1) is 0 Å². The Morgan fingerprint density at radius 1 is 1.11 bits per heavy atom. The molecular formula is C21H31N5O2. The Morgan fingerprint density at radius 3 is 2.54 bits per heavy atom. The van der Waals surface area contributed by atoms with Gasteiger partial charge in [0.15, 0.2) is 0 Å². The molecule has 28 heavy (non-hydrogen) atoms. The van der Waals surface area contributed by atoms with Crippen molar-refractivity contribution in [1.29, 1.82) is 0 Å². The lowest BCUT2D eigenvalue weighted by molar-refractivity contribution is -0.135. The van der Waals surface area contributed by atoms with Crippen LogP contribution in [0.15, 0.2) is 24.4 Å². The van der Waals surface area contributed by atoms with Crippen LogP contribution in [0.4, 0.5) is 0 Å². The van der Waals surface area contributed by atoms with Gasteiger partial charge in [0, 0.05) is 51.5 Å². The Kier molecular flexibility index (Phi) is 5.64. The summed E-state index contributed by atoms with van der Waals surface area (Å²) in [7, 11) is 2.14. The minimum atomic E-state index is -0.348. The van der Waals surface area contributed by atoms with Gasteiger partial charge in [-0.15, -0.1) is 0 Å². The van der Waals surface area contributed by atoms with Crippen LogP contribution >= 0.6 is 0 Å². The van der Waals surface area contributed by atoms with Crippen molar-refractivity contribution in [2.75, 3.05) is 46.3 Å². The second-order valence-electron chi connectivity index (χ2n) is 8.45. The molecule has 7 nitrogen and oxygen atoms in total. The van der Waals surface area contributed by atoms with Crippen molar-refractivity contribution in [3.8, 4) is 0 Å². The molecule has 152 valence electrons. The van der Waals surface area contributed by atoms with Gasteiger partial charge < -0.3 is 15.1 Å². The molecule has 1 aromatic rings. The smallest absolute Gasteiger partial charge is 0.272 e. The molecule has 1 saturated carbocycles.